The summed E-state index contributed by atoms with van der Waals surface area (Å²) in [5.74, 6) is 0.868. The van der Waals surface area contributed by atoms with Gasteiger partial charge in [-0.2, -0.15) is 0 Å². The van der Waals surface area contributed by atoms with Gasteiger partial charge in [0.25, 0.3) is 0 Å². The van der Waals surface area contributed by atoms with Crippen LogP contribution in [0.5, 0.6) is 0 Å². The number of hydrogen-bond acceptors (Lipinski definition) is 6. The minimum atomic E-state index is -1.06. The Labute approximate surface area is 185 Å². The zero-order valence-electron chi connectivity index (χ0n) is 19.2. The molecule has 2 aliphatic heterocycles. The number of rotatable bonds is 2. The largest absolute Gasteiger partial charge is 0.392 e. The van der Waals surface area contributed by atoms with Gasteiger partial charge in [-0.25, -0.2) is 0 Å². The molecule has 2 heterocycles. The van der Waals surface area contributed by atoms with Gasteiger partial charge in [0, 0.05) is 5.41 Å². The van der Waals surface area contributed by atoms with Gasteiger partial charge in [-0.1, -0.05) is 44.9 Å². The van der Waals surface area contributed by atoms with Crippen LogP contribution in [0, 0.1) is 22.7 Å². The van der Waals surface area contributed by atoms with Gasteiger partial charge in [0.15, 0.2) is 6.29 Å². The lowest BCUT2D eigenvalue weighted by atomic mass is 9.54. The van der Waals surface area contributed by atoms with Gasteiger partial charge < -0.3 is 29.5 Å². The van der Waals surface area contributed by atoms with Crippen molar-refractivity contribution in [3.8, 4) is 0 Å². The molecule has 2 saturated heterocycles. The van der Waals surface area contributed by atoms with Gasteiger partial charge in [0.2, 0.25) is 0 Å². The molecule has 1 saturated carbocycles. The normalized spacial score (nSPS) is 49.7. The predicted molar refractivity (Wildman–Crippen MR) is 115 cm³/mol. The lowest BCUT2D eigenvalue weighted by molar-refractivity contribution is -0.359. The van der Waals surface area contributed by atoms with E-state index < -0.39 is 30.7 Å². The first kappa shape index (κ1) is 22.1. The van der Waals surface area contributed by atoms with Crippen LogP contribution in [-0.2, 0) is 14.2 Å². The minimum absolute atomic E-state index is 0.0344. The van der Waals surface area contributed by atoms with E-state index in [0.29, 0.717) is 11.8 Å². The molecule has 6 nitrogen and oxygen atoms in total. The molecule has 4 unspecified atom stereocenters. The van der Waals surface area contributed by atoms with Crippen LogP contribution >= 0.6 is 0 Å². The third-order valence-electron chi connectivity index (χ3n) is 9.10. The highest BCUT2D eigenvalue weighted by Crippen LogP contribution is 2.64. The second-order valence-electron chi connectivity index (χ2n) is 11.2. The summed E-state index contributed by atoms with van der Waals surface area (Å²) in [5.41, 5.74) is 4.13. The van der Waals surface area contributed by atoms with E-state index in [4.69, 9.17) is 14.2 Å². The van der Waals surface area contributed by atoms with Crippen LogP contribution in [0.2, 0.25) is 0 Å². The average molecular weight is 435 g/mol. The van der Waals surface area contributed by atoms with Crippen molar-refractivity contribution in [1.82, 2.24) is 0 Å². The Hall–Kier alpha value is -0.760. The van der Waals surface area contributed by atoms with Gasteiger partial charge in [0.1, 0.15) is 24.4 Å². The van der Waals surface area contributed by atoms with Crippen molar-refractivity contribution < 1.29 is 29.5 Å². The van der Waals surface area contributed by atoms with Crippen molar-refractivity contribution in [3.05, 3.63) is 22.8 Å². The molecule has 0 aromatic carbocycles. The molecule has 174 valence electrons. The van der Waals surface area contributed by atoms with E-state index >= 15 is 0 Å². The first-order valence-corrected chi connectivity index (χ1v) is 12.0. The Morgan fingerprint density at radius 2 is 1.90 bits per heavy atom. The molecule has 9 atom stereocenters. The maximum Gasteiger partial charge on any atom is 0.187 e. The Morgan fingerprint density at radius 3 is 2.61 bits per heavy atom. The van der Waals surface area contributed by atoms with Crippen molar-refractivity contribution in [2.24, 2.45) is 22.7 Å². The fourth-order valence-corrected chi connectivity index (χ4v) is 7.16. The van der Waals surface area contributed by atoms with E-state index in [-0.39, 0.29) is 30.1 Å². The SMILES string of the molecule is CC(C)C1=C2[C@H]3CC=C(CO)C4O[C@H]5C(OC[C@@H](O)C5O)O[C@@H]4C3(C)CC[C@@]2(C)CC1. The van der Waals surface area contributed by atoms with E-state index in [0.717, 1.165) is 24.8 Å². The van der Waals surface area contributed by atoms with Crippen LogP contribution < -0.4 is 0 Å². The molecule has 3 N–H and O–H groups in total. The average Bonchev–Trinajstić information content (AvgIpc) is 3.04. The Morgan fingerprint density at radius 1 is 1.13 bits per heavy atom. The van der Waals surface area contributed by atoms with Crippen molar-refractivity contribution in [1.29, 1.82) is 0 Å². The summed E-state index contributed by atoms with van der Waals surface area (Å²) in [6, 6.07) is 0. The van der Waals surface area contributed by atoms with Crippen molar-refractivity contribution >= 4 is 0 Å². The first-order valence-electron chi connectivity index (χ1n) is 12.0. The zero-order chi connectivity index (χ0) is 22.1. The van der Waals surface area contributed by atoms with Gasteiger partial charge >= 0.3 is 0 Å². The predicted octanol–water partition coefficient (Wildman–Crippen LogP) is 2.71. The number of aliphatic hydroxyl groups is 3. The van der Waals surface area contributed by atoms with E-state index in [1.165, 1.54) is 12.8 Å². The third-order valence-corrected chi connectivity index (χ3v) is 9.10. The van der Waals surface area contributed by atoms with Gasteiger partial charge in [-0.05, 0) is 54.9 Å². The Kier molecular flexibility index (Phi) is 5.44. The Balaban J connectivity index is 1.57. The molecule has 6 heteroatoms. The molecule has 3 aliphatic carbocycles. The van der Waals surface area contributed by atoms with Crippen LogP contribution in [0.3, 0.4) is 0 Å². The maximum absolute atomic E-state index is 10.5. The summed E-state index contributed by atoms with van der Waals surface area (Å²) in [4.78, 5) is 0. The molecule has 0 radical (unpaired) electrons. The monoisotopic (exact) mass is 434 g/mol. The Bertz CT molecular complexity index is 789. The second-order valence-corrected chi connectivity index (χ2v) is 11.2. The van der Waals surface area contributed by atoms with Crippen molar-refractivity contribution in [2.45, 2.75) is 96.6 Å². The summed E-state index contributed by atoms with van der Waals surface area (Å²) < 4.78 is 18.7. The smallest absolute Gasteiger partial charge is 0.187 e. The summed E-state index contributed by atoms with van der Waals surface area (Å²) in [5, 5.41) is 30.8. The highest BCUT2D eigenvalue weighted by Gasteiger charge is 2.60. The van der Waals surface area contributed by atoms with Crippen LogP contribution in [0.1, 0.15) is 59.8 Å². The number of ether oxygens (including phenoxy) is 3. The molecule has 31 heavy (non-hydrogen) atoms. The molecule has 0 spiro atoms. The highest BCUT2D eigenvalue weighted by molar-refractivity contribution is 5.37. The van der Waals surface area contributed by atoms with Gasteiger partial charge in [-0.3, -0.25) is 0 Å². The lowest BCUT2D eigenvalue weighted by Gasteiger charge is -2.56. The van der Waals surface area contributed by atoms with Crippen LogP contribution in [0.15, 0.2) is 22.8 Å². The highest BCUT2D eigenvalue weighted by atomic mass is 16.7. The number of allylic oxidation sites excluding steroid dienone is 3. The van der Waals surface area contributed by atoms with Gasteiger partial charge in [0.05, 0.1) is 19.3 Å². The molecular weight excluding hydrogens is 396 g/mol. The number of hydrogen-bond donors (Lipinski definition) is 3. The molecule has 5 aliphatic rings. The van der Waals surface area contributed by atoms with E-state index in [1.807, 2.05) is 0 Å². The summed E-state index contributed by atoms with van der Waals surface area (Å²) in [6.07, 6.45) is 3.34. The maximum atomic E-state index is 10.5. The topological polar surface area (TPSA) is 88.4 Å². The van der Waals surface area contributed by atoms with E-state index in [1.54, 1.807) is 11.1 Å². The van der Waals surface area contributed by atoms with Crippen LogP contribution in [-0.4, -0.2) is 65.3 Å². The minimum Gasteiger partial charge on any atom is -0.392 e. The van der Waals surface area contributed by atoms with Crippen molar-refractivity contribution in [2.75, 3.05) is 13.2 Å². The second kappa shape index (κ2) is 7.64. The van der Waals surface area contributed by atoms with E-state index in [9.17, 15) is 15.3 Å². The quantitative estimate of drug-likeness (QED) is 0.579. The van der Waals surface area contributed by atoms with Gasteiger partial charge in [-0.15, -0.1) is 0 Å². The lowest BCUT2D eigenvalue weighted by Crippen LogP contribution is -2.65. The molecule has 5 rings (SSSR count). The van der Waals surface area contributed by atoms with E-state index in [2.05, 4.69) is 33.8 Å². The molecule has 0 aromatic rings. The standard InChI is InChI=1S/C25H38O6/c1-13(2)15-7-8-24(3)9-10-25(4)16(18(15)24)6-5-14(11-26)20-22(25)31-23-21(30-20)19(28)17(27)12-29-23/h5,13,16-17,19-23,26-28H,6-12H2,1-4H3/t16-,17-,19?,20?,21-,22+,23?,24-,25?/m1/s1. The number of fused-ring (bicyclic) bond motifs is 6. The van der Waals surface area contributed by atoms with Crippen LogP contribution in [0.25, 0.3) is 0 Å². The fraction of sp³-hybridized carbons (Fsp3) is 0.840. The summed E-state index contributed by atoms with van der Waals surface area (Å²) >= 11 is 0. The fourth-order valence-electron chi connectivity index (χ4n) is 7.16. The third kappa shape index (κ3) is 3.21. The molecule has 0 amide bonds. The first-order chi connectivity index (χ1) is 14.7. The summed E-state index contributed by atoms with van der Waals surface area (Å²) in [6.45, 7) is 9.31. The molecule has 3 fully saturated rings. The zero-order valence-corrected chi connectivity index (χ0v) is 19.2. The summed E-state index contributed by atoms with van der Waals surface area (Å²) in [7, 11) is 0. The molecule has 0 aromatic heterocycles. The number of aliphatic hydroxyl groups excluding tert-OH is 3. The van der Waals surface area contributed by atoms with Crippen molar-refractivity contribution in [3.63, 3.8) is 0 Å². The van der Waals surface area contributed by atoms with Crippen LogP contribution in [0.4, 0.5) is 0 Å². The molecular formula is C25H38O6. The molecule has 0 bridgehead atoms.